The predicted octanol–water partition coefficient (Wildman–Crippen LogP) is 3.69. The molecule has 1 aromatic carbocycles. The fraction of sp³-hybridized carbons (Fsp3) is 0.500. The Balaban J connectivity index is 1.32. The first-order valence-corrected chi connectivity index (χ1v) is 10.6. The zero-order valence-corrected chi connectivity index (χ0v) is 17.5. The van der Waals surface area contributed by atoms with E-state index in [1.54, 1.807) is 4.90 Å². The summed E-state index contributed by atoms with van der Waals surface area (Å²) in [4.78, 5) is 18.6. The monoisotopic (exact) mass is 433 g/mol. The van der Waals surface area contributed by atoms with Crippen molar-refractivity contribution in [1.29, 1.82) is 0 Å². The molecule has 0 atom stereocenters. The van der Waals surface area contributed by atoms with Crippen molar-refractivity contribution in [2.75, 3.05) is 49.1 Å². The zero-order chi connectivity index (χ0) is 22.0. The molecule has 2 saturated heterocycles. The molecule has 9 heteroatoms. The van der Waals surface area contributed by atoms with Crippen LogP contribution in [0.15, 0.2) is 36.4 Å². The topological polar surface area (TPSA) is 52.6 Å². The second-order valence-corrected chi connectivity index (χ2v) is 8.27. The molecule has 1 aromatic heterocycles. The van der Waals surface area contributed by atoms with Gasteiger partial charge in [-0.2, -0.15) is 13.2 Å². The van der Waals surface area contributed by atoms with E-state index in [9.17, 15) is 18.0 Å². The predicted molar refractivity (Wildman–Crippen MR) is 112 cm³/mol. The number of nitrogens with zero attached hydrogens (tertiary/aromatic N) is 5. The summed E-state index contributed by atoms with van der Waals surface area (Å²) in [5.41, 5.74) is -0.489. The lowest BCUT2D eigenvalue weighted by Gasteiger charge is -2.35. The van der Waals surface area contributed by atoms with Gasteiger partial charge in [0.05, 0.1) is 5.56 Å². The number of hydrogen-bond donors (Lipinski definition) is 0. The molecule has 31 heavy (non-hydrogen) atoms. The van der Waals surface area contributed by atoms with Crippen molar-refractivity contribution in [2.45, 2.75) is 25.9 Å². The van der Waals surface area contributed by atoms with Crippen LogP contribution < -0.4 is 9.80 Å². The quantitative estimate of drug-likeness (QED) is 0.739. The van der Waals surface area contributed by atoms with Crippen molar-refractivity contribution >= 4 is 17.5 Å². The first-order valence-electron chi connectivity index (χ1n) is 10.6. The Morgan fingerprint density at radius 1 is 0.839 bits per heavy atom. The molecule has 2 aliphatic heterocycles. The summed E-state index contributed by atoms with van der Waals surface area (Å²) >= 11 is 0. The van der Waals surface area contributed by atoms with Crippen molar-refractivity contribution in [3.05, 3.63) is 47.5 Å². The zero-order valence-electron chi connectivity index (χ0n) is 17.5. The molecule has 0 bridgehead atoms. The van der Waals surface area contributed by atoms with Gasteiger partial charge in [0.1, 0.15) is 0 Å². The maximum atomic E-state index is 12.7. The van der Waals surface area contributed by atoms with Crippen molar-refractivity contribution in [3.63, 3.8) is 0 Å². The highest BCUT2D eigenvalue weighted by molar-refractivity contribution is 5.94. The first kappa shape index (κ1) is 21.4. The Kier molecular flexibility index (Phi) is 6.02. The molecule has 4 rings (SSSR count). The summed E-state index contributed by atoms with van der Waals surface area (Å²) in [7, 11) is 0. The second kappa shape index (κ2) is 8.72. The van der Waals surface area contributed by atoms with Crippen molar-refractivity contribution in [1.82, 2.24) is 15.1 Å². The first-order chi connectivity index (χ1) is 14.8. The van der Waals surface area contributed by atoms with E-state index < -0.39 is 11.7 Å². The van der Waals surface area contributed by atoms with Crippen LogP contribution in [0, 0.1) is 5.92 Å². The van der Waals surface area contributed by atoms with Crippen molar-refractivity contribution < 1.29 is 18.0 Å². The van der Waals surface area contributed by atoms with E-state index >= 15 is 0 Å². The average molecular weight is 433 g/mol. The van der Waals surface area contributed by atoms with Gasteiger partial charge in [-0.15, -0.1) is 10.2 Å². The van der Waals surface area contributed by atoms with Crippen molar-refractivity contribution in [3.8, 4) is 0 Å². The molecule has 0 unspecified atom stereocenters. The van der Waals surface area contributed by atoms with Crippen LogP contribution in [-0.4, -0.2) is 60.3 Å². The highest BCUT2D eigenvalue weighted by atomic mass is 19.4. The van der Waals surface area contributed by atoms with E-state index in [0.717, 1.165) is 42.8 Å². The molecule has 0 spiro atoms. The van der Waals surface area contributed by atoms with Crippen LogP contribution in [0.2, 0.25) is 0 Å². The van der Waals surface area contributed by atoms with Crippen LogP contribution in [0.4, 0.5) is 24.8 Å². The van der Waals surface area contributed by atoms with Crippen LogP contribution in [0.1, 0.15) is 35.7 Å². The Morgan fingerprint density at radius 3 is 1.84 bits per heavy atom. The van der Waals surface area contributed by atoms with E-state index in [2.05, 4.69) is 26.9 Å². The van der Waals surface area contributed by atoms with Gasteiger partial charge in [0, 0.05) is 44.8 Å². The second-order valence-electron chi connectivity index (χ2n) is 8.27. The molecule has 0 saturated carbocycles. The van der Waals surface area contributed by atoms with Gasteiger partial charge in [-0.25, -0.2) is 0 Å². The molecule has 3 heterocycles. The van der Waals surface area contributed by atoms with Crippen molar-refractivity contribution in [2.24, 2.45) is 5.92 Å². The van der Waals surface area contributed by atoms with Gasteiger partial charge >= 0.3 is 6.18 Å². The lowest BCUT2D eigenvalue weighted by molar-refractivity contribution is -0.137. The SMILES string of the molecule is CC1CCN(c2ccc(N3CCN(C(=O)c4ccc(C(F)(F)F)cc4)CC3)nn2)CC1. The molecule has 6 nitrogen and oxygen atoms in total. The number of aromatic nitrogens is 2. The van der Waals surface area contributed by atoms with Crippen LogP contribution in [0.25, 0.3) is 0 Å². The Morgan fingerprint density at radius 2 is 1.35 bits per heavy atom. The molecule has 0 radical (unpaired) electrons. The minimum Gasteiger partial charge on any atom is -0.355 e. The van der Waals surface area contributed by atoms with Gasteiger partial charge in [-0.3, -0.25) is 4.79 Å². The smallest absolute Gasteiger partial charge is 0.355 e. The molecule has 2 aliphatic rings. The summed E-state index contributed by atoms with van der Waals surface area (Å²) in [6.07, 6.45) is -2.08. The van der Waals surface area contributed by atoms with E-state index in [-0.39, 0.29) is 11.5 Å². The normalized spacial score (nSPS) is 18.4. The van der Waals surface area contributed by atoms with Gasteiger partial charge in [0.15, 0.2) is 11.6 Å². The number of halogens is 3. The van der Waals surface area contributed by atoms with Gasteiger partial charge in [-0.1, -0.05) is 6.92 Å². The summed E-state index contributed by atoms with van der Waals surface area (Å²) in [5, 5.41) is 8.78. The largest absolute Gasteiger partial charge is 0.416 e. The molecular weight excluding hydrogens is 407 g/mol. The minimum atomic E-state index is -4.41. The van der Waals surface area contributed by atoms with E-state index in [1.807, 2.05) is 12.1 Å². The third-order valence-electron chi connectivity index (χ3n) is 6.09. The number of benzene rings is 1. The molecular formula is C22H26F3N5O. The summed E-state index contributed by atoms with van der Waals surface area (Å²) in [5.74, 6) is 2.17. The number of piperidine rings is 1. The fourth-order valence-corrected chi connectivity index (χ4v) is 4.02. The minimum absolute atomic E-state index is 0.255. The van der Waals surface area contributed by atoms with Gasteiger partial charge in [0.2, 0.25) is 0 Å². The standard InChI is InChI=1S/C22H26F3N5O/c1-16-8-10-28(11-9-16)19-6-7-20(27-26-19)29-12-14-30(15-13-29)21(31)17-2-4-18(5-3-17)22(23,24)25/h2-7,16H,8-15H2,1H3. The number of carbonyl (C=O) groups excluding carboxylic acids is 1. The highest BCUT2D eigenvalue weighted by Crippen LogP contribution is 2.29. The average Bonchev–Trinajstić information content (AvgIpc) is 2.79. The van der Waals surface area contributed by atoms with Gasteiger partial charge in [-0.05, 0) is 55.2 Å². The summed E-state index contributed by atoms with van der Waals surface area (Å²) < 4.78 is 38.1. The third kappa shape index (κ3) is 4.91. The molecule has 1 amide bonds. The Hall–Kier alpha value is -2.84. The number of amides is 1. The number of carbonyl (C=O) groups is 1. The number of anilines is 2. The van der Waals surface area contributed by atoms with Gasteiger partial charge in [0.25, 0.3) is 5.91 Å². The maximum Gasteiger partial charge on any atom is 0.416 e. The molecule has 0 aliphatic carbocycles. The lowest BCUT2D eigenvalue weighted by Crippen LogP contribution is -2.49. The Labute approximate surface area is 179 Å². The lowest BCUT2D eigenvalue weighted by atomic mass is 9.99. The van der Waals surface area contributed by atoms with E-state index in [1.165, 1.54) is 25.0 Å². The van der Waals surface area contributed by atoms with Gasteiger partial charge < -0.3 is 14.7 Å². The molecule has 2 fully saturated rings. The summed E-state index contributed by atoms with van der Waals surface area (Å²) in [6, 6.07) is 8.34. The van der Waals surface area contributed by atoms with Crippen LogP contribution >= 0.6 is 0 Å². The molecule has 2 aromatic rings. The Bertz CT molecular complexity index is 885. The molecule has 0 N–H and O–H groups in total. The third-order valence-corrected chi connectivity index (χ3v) is 6.09. The number of piperazine rings is 1. The van der Waals surface area contributed by atoms with Crippen LogP contribution in [0.3, 0.4) is 0 Å². The number of alkyl halides is 3. The highest BCUT2D eigenvalue weighted by Gasteiger charge is 2.31. The fourth-order valence-electron chi connectivity index (χ4n) is 4.02. The van der Waals surface area contributed by atoms with E-state index in [4.69, 9.17) is 0 Å². The summed E-state index contributed by atoms with van der Waals surface area (Å²) in [6.45, 7) is 6.43. The number of hydrogen-bond acceptors (Lipinski definition) is 5. The van der Waals surface area contributed by atoms with Crippen LogP contribution in [-0.2, 0) is 6.18 Å². The van der Waals surface area contributed by atoms with E-state index in [0.29, 0.717) is 26.2 Å². The van der Waals surface area contributed by atoms with Crippen LogP contribution in [0.5, 0.6) is 0 Å². The molecule has 166 valence electrons. The maximum absolute atomic E-state index is 12.7. The number of rotatable bonds is 3.